The molecule has 2 fully saturated rings. The monoisotopic (exact) mass is 633 g/mol. The van der Waals surface area contributed by atoms with Gasteiger partial charge in [-0.1, -0.05) is 66.7 Å². The average molecular weight is 634 g/mol. The Bertz CT molecular complexity index is 1720. The van der Waals surface area contributed by atoms with Crippen molar-refractivity contribution in [2.24, 2.45) is 0 Å². The zero-order valence-corrected chi connectivity index (χ0v) is 25.3. The molecule has 45 heavy (non-hydrogen) atoms. The summed E-state index contributed by atoms with van der Waals surface area (Å²) in [6, 6.07) is 26.3. The van der Waals surface area contributed by atoms with Gasteiger partial charge in [0.15, 0.2) is 0 Å². The van der Waals surface area contributed by atoms with Gasteiger partial charge in [0, 0.05) is 18.4 Å². The van der Waals surface area contributed by atoms with Crippen LogP contribution in [0.2, 0.25) is 0 Å². The number of aliphatic hydroxyl groups excluding tert-OH is 3. The number of sulfonamides is 1. The van der Waals surface area contributed by atoms with Gasteiger partial charge in [0.25, 0.3) is 0 Å². The summed E-state index contributed by atoms with van der Waals surface area (Å²) in [5.41, 5.74) is 3.88. The van der Waals surface area contributed by atoms with Crippen LogP contribution in [-0.2, 0) is 14.8 Å². The van der Waals surface area contributed by atoms with Crippen molar-refractivity contribution >= 4 is 15.7 Å². The third kappa shape index (κ3) is 6.34. The number of aliphatic hydroxyl groups is 3. The molecule has 4 aromatic carbocycles. The van der Waals surface area contributed by atoms with E-state index in [2.05, 4.69) is 0 Å². The highest BCUT2D eigenvalue weighted by molar-refractivity contribution is 7.95. The fourth-order valence-corrected chi connectivity index (χ4v) is 8.55. The molecule has 0 spiro atoms. The quantitative estimate of drug-likeness (QED) is 0.191. The first-order valence-electron chi connectivity index (χ1n) is 15.0. The van der Waals surface area contributed by atoms with Crippen molar-refractivity contribution in [2.45, 2.75) is 61.4 Å². The Morgan fingerprint density at radius 2 is 1.60 bits per heavy atom. The van der Waals surface area contributed by atoms with Crippen LogP contribution in [0.3, 0.4) is 0 Å². The summed E-state index contributed by atoms with van der Waals surface area (Å²) in [5.74, 6) is -0.471. The number of hydrogen-bond donors (Lipinski definition) is 4. The van der Waals surface area contributed by atoms with Gasteiger partial charge in [-0.15, -0.1) is 0 Å². The highest BCUT2D eigenvalue weighted by Gasteiger charge is 2.54. The fraction of sp³-hybridized carbons (Fsp3) is 0.314. The lowest BCUT2D eigenvalue weighted by atomic mass is 9.92. The minimum absolute atomic E-state index is 0.0500. The Labute approximate surface area is 262 Å². The number of phenolic OH excluding ortho intramolecular Hbond substituents is 1. The predicted molar refractivity (Wildman–Crippen MR) is 168 cm³/mol. The van der Waals surface area contributed by atoms with Crippen molar-refractivity contribution in [1.82, 2.24) is 0 Å². The maximum absolute atomic E-state index is 13.6. The second kappa shape index (κ2) is 12.9. The number of benzene rings is 4. The molecule has 0 aliphatic carbocycles. The van der Waals surface area contributed by atoms with Crippen molar-refractivity contribution < 1.29 is 38.0 Å². The number of rotatable bonds is 9. The van der Waals surface area contributed by atoms with Crippen LogP contribution in [0.25, 0.3) is 11.1 Å². The Morgan fingerprint density at radius 3 is 2.27 bits per heavy atom. The Hall–Kier alpha value is -3.80. The molecule has 2 saturated heterocycles. The summed E-state index contributed by atoms with van der Waals surface area (Å²) in [6.07, 6.45) is -1.16. The lowest BCUT2D eigenvalue weighted by Crippen LogP contribution is -2.58. The number of hydrogen-bond acceptors (Lipinski definition) is 7. The molecule has 0 bridgehead atoms. The Kier molecular flexibility index (Phi) is 8.94. The molecular formula is C35H36FNO7S. The van der Waals surface area contributed by atoms with Gasteiger partial charge >= 0.3 is 0 Å². The molecule has 2 aliphatic heterocycles. The smallest absolute Gasteiger partial charge is 0.241 e. The molecule has 6 rings (SSSR count). The van der Waals surface area contributed by atoms with Crippen molar-refractivity contribution in [3.8, 4) is 16.9 Å². The normalized spacial score (nSPS) is 25.0. The van der Waals surface area contributed by atoms with Crippen LogP contribution in [0, 0.1) is 5.82 Å². The van der Waals surface area contributed by atoms with E-state index in [9.17, 15) is 33.2 Å². The summed E-state index contributed by atoms with van der Waals surface area (Å²) in [5, 5.41) is 40.8. The molecule has 4 aromatic rings. The molecule has 0 saturated carbocycles. The van der Waals surface area contributed by atoms with Crippen molar-refractivity contribution in [3.05, 3.63) is 120 Å². The maximum atomic E-state index is 13.6. The van der Waals surface area contributed by atoms with Gasteiger partial charge in [-0.2, -0.15) is 0 Å². The van der Waals surface area contributed by atoms with Crippen LogP contribution in [0.1, 0.15) is 60.6 Å². The zero-order chi connectivity index (χ0) is 31.7. The van der Waals surface area contributed by atoms with E-state index in [1.807, 2.05) is 30.3 Å². The van der Waals surface area contributed by atoms with E-state index in [1.165, 1.54) is 28.6 Å². The minimum Gasteiger partial charge on any atom is -0.508 e. The van der Waals surface area contributed by atoms with E-state index in [0.29, 0.717) is 29.7 Å². The Morgan fingerprint density at radius 1 is 0.911 bits per heavy atom. The number of phenols is 1. The van der Waals surface area contributed by atoms with Crippen LogP contribution in [0.4, 0.5) is 10.1 Å². The summed E-state index contributed by atoms with van der Waals surface area (Å²) in [7, 11) is -3.80. The number of halogens is 1. The number of anilines is 1. The first-order valence-corrected chi connectivity index (χ1v) is 16.6. The summed E-state index contributed by atoms with van der Waals surface area (Å²) in [4.78, 5) is 0. The van der Waals surface area contributed by atoms with Gasteiger partial charge in [-0.25, -0.2) is 12.8 Å². The molecule has 10 heteroatoms. The molecule has 0 aromatic heterocycles. The summed E-state index contributed by atoms with van der Waals surface area (Å²) in [6.45, 7) is -0.156. The van der Waals surface area contributed by atoms with Crippen LogP contribution in [0.5, 0.6) is 5.75 Å². The topological polar surface area (TPSA) is 128 Å². The van der Waals surface area contributed by atoms with E-state index in [1.54, 1.807) is 42.5 Å². The Balaban J connectivity index is 1.25. The summed E-state index contributed by atoms with van der Waals surface area (Å²) < 4.78 is 47.9. The second-order valence-electron chi connectivity index (χ2n) is 11.8. The van der Waals surface area contributed by atoms with Crippen LogP contribution < -0.4 is 4.31 Å². The zero-order valence-electron chi connectivity index (χ0n) is 24.5. The van der Waals surface area contributed by atoms with Crippen LogP contribution in [-0.4, -0.2) is 52.9 Å². The molecule has 8 nitrogen and oxygen atoms in total. The molecular weight excluding hydrogens is 597 g/mol. The van der Waals surface area contributed by atoms with Gasteiger partial charge in [0.2, 0.25) is 10.0 Å². The van der Waals surface area contributed by atoms with E-state index < -0.39 is 45.4 Å². The standard InChI is InChI=1S/C35H36FNO7S/c36-26-13-10-23(11-14-26)31(40)16-17-34-35(37(45(34,42)43)27-4-2-1-3-5-27)30-15-12-25(18-32(30)41)22-6-8-24(9-7-22)33-20-28(39)19-29(21-38)44-33/h1-15,18,28-29,31,33-35,38-41H,16-17,19-21H2/t28-,29-,31?,33+,34-,35+/m0/s1. The number of nitrogens with zero attached hydrogens (tertiary/aromatic N) is 1. The maximum Gasteiger partial charge on any atom is 0.241 e. The van der Waals surface area contributed by atoms with Gasteiger partial charge < -0.3 is 25.2 Å². The van der Waals surface area contributed by atoms with Crippen molar-refractivity contribution in [1.29, 1.82) is 0 Å². The van der Waals surface area contributed by atoms with Gasteiger partial charge in [0.05, 0.1) is 42.8 Å². The molecule has 1 unspecified atom stereocenters. The molecule has 236 valence electrons. The SMILES string of the molecule is O=S1(=O)[C@@H](CCC(O)c2ccc(F)cc2)[C@@H](c2ccc(-c3ccc([C@H]4C[C@@H](O)C[C@@H](CO)O4)cc3)cc2O)N1c1ccccc1. The average Bonchev–Trinajstić information content (AvgIpc) is 3.04. The van der Waals surface area contributed by atoms with E-state index in [-0.39, 0.29) is 31.3 Å². The van der Waals surface area contributed by atoms with E-state index >= 15 is 0 Å². The van der Waals surface area contributed by atoms with Crippen LogP contribution >= 0.6 is 0 Å². The lowest BCUT2D eigenvalue weighted by molar-refractivity contribution is -0.113. The molecule has 2 aliphatic rings. The van der Waals surface area contributed by atoms with Crippen LogP contribution in [0.15, 0.2) is 97.1 Å². The second-order valence-corrected chi connectivity index (χ2v) is 13.8. The first-order chi connectivity index (χ1) is 21.7. The highest BCUT2D eigenvalue weighted by atomic mass is 32.2. The minimum atomic E-state index is -3.80. The number of para-hydroxylation sites is 1. The molecule has 4 N–H and O–H groups in total. The largest absolute Gasteiger partial charge is 0.508 e. The molecule has 0 radical (unpaired) electrons. The third-order valence-electron chi connectivity index (χ3n) is 8.80. The van der Waals surface area contributed by atoms with Crippen molar-refractivity contribution in [3.63, 3.8) is 0 Å². The predicted octanol–water partition coefficient (Wildman–Crippen LogP) is 5.55. The molecule has 6 atom stereocenters. The third-order valence-corrected chi connectivity index (χ3v) is 11.0. The highest BCUT2D eigenvalue weighted by Crippen LogP contribution is 2.50. The van der Waals surface area contributed by atoms with E-state index in [0.717, 1.165) is 16.7 Å². The molecule has 0 amide bonds. The fourth-order valence-electron chi connectivity index (χ4n) is 6.43. The number of aromatic hydroxyl groups is 1. The van der Waals surface area contributed by atoms with Gasteiger partial charge in [-0.05, 0) is 65.4 Å². The number of ether oxygens (including phenoxy) is 1. The van der Waals surface area contributed by atoms with Gasteiger partial charge in [-0.3, -0.25) is 4.31 Å². The lowest BCUT2D eigenvalue weighted by Gasteiger charge is -2.48. The van der Waals surface area contributed by atoms with Gasteiger partial charge in [0.1, 0.15) is 16.8 Å². The summed E-state index contributed by atoms with van der Waals surface area (Å²) >= 11 is 0. The van der Waals surface area contributed by atoms with E-state index in [4.69, 9.17) is 4.74 Å². The first kappa shape index (κ1) is 31.2. The molecule has 2 heterocycles. The van der Waals surface area contributed by atoms with Crippen molar-refractivity contribution in [2.75, 3.05) is 10.9 Å².